The Balaban J connectivity index is 2.54. The maximum absolute atomic E-state index is 12.3. The molecule has 1 heterocycles. The monoisotopic (exact) mass is 299 g/mol. The van der Waals surface area contributed by atoms with E-state index in [0.29, 0.717) is 24.8 Å². The molecule has 1 unspecified atom stereocenters. The third-order valence-corrected chi connectivity index (χ3v) is 5.11. The quantitative estimate of drug-likeness (QED) is 0.674. The standard InChI is InChI=1S/C16H29NO2S/c1-11(2)8-16(5,6)10-20-13-7-14(18)17(15(13)19)9-12(3)4/h11-13H,7-10H2,1-6H3. The van der Waals surface area contributed by atoms with Gasteiger partial charge in [0, 0.05) is 13.0 Å². The van der Waals surface area contributed by atoms with Crippen molar-refractivity contribution in [3.05, 3.63) is 0 Å². The number of thioether (sulfide) groups is 1. The van der Waals surface area contributed by atoms with Gasteiger partial charge >= 0.3 is 0 Å². The van der Waals surface area contributed by atoms with Crippen LogP contribution in [0.1, 0.15) is 54.4 Å². The Labute approximate surface area is 127 Å². The van der Waals surface area contributed by atoms with Crippen molar-refractivity contribution in [3.63, 3.8) is 0 Å². The summed E-state index contributed by atoms with van der Waals surface area (Å²) in [4.78, 5) is 25.7. The Bertz CT molecular complexity index is 363. The molecule has 0 spiro atoms. The van der Waals surface area contributed by atoms with Crippen molar-refractivity contribution in [1.82, 2.24) is 4.90 Å². The molecular formula is C16H29NO2S. The minimum Gasteiger partial charge on any atom is -0.281 e. The highest BCUT2D eigenvalue weighted by molar-refractivity contribution is 8.00. The van der Waals surface area contributed by atoms with Gasteiger partial charge in [-0.25, -0.2) is 0 Å². The summed E-state index contributed by atoms with van der Waals surface area (Å²) in [5.74, 6) is 1.95. The second-order valence-corrected chi connectivity index (χ2v) is 8.69. The SMILES string of the molecule is CC(C)CN1C(=O)CC(SCC(C)(C)CC(C)C)C1=O. The summed E-state index contributed by atoms with van der Waals surface area (Å²) in [6.07, 6.45) is 1.53. The predicted molar refractivity (Wildman–Crippen MR) is 85.7 cm³/mol. The third-order valence-electron chi connectivity index (χ3n) is 3.39. The van der Waals surface area contributed by atoms with Crippen molar-refractivity contribution < 1.29 is 9.59 Å². The van der Waals surface area contributed by atoms with E-state index in [1.165, 1.54) is 4.90 Å². The molecule has 0 N–H and O–H groups in total. The molecule has 0 aliphatic carbocycles. The number of amides is 2. The van der Waals surface area contributed by atoms with E-state index < -0.39 is 0 Å². The van der Waals surface area contributed by atoms with Crippen LogP contribution in [-0.2, 0) is 9.59 Å². The lowest BCUT2D eigenvalue weighted by Crippen LogP contribution is -2.34. The molecule has 1 aliphatic rings. The molecule has 1 fully saturated rings. The fourth-order valence-corrected chi connectivity index (χ4v) is 4.13. The fourth-order valence-electron chi connectivity index (χ4n) is 2.83. The van der Waals surface area contributed by atoms with E-state index in [1.807, 2.05) is 13.8 Å². The van der Waals surface area contributed by atoms with Crippen molar-refractivity contribution in [3.8, 4) is 0 Å². The summed E-state index contributed by atoms with van der Waals surface area (Å²) in [6, 6.07) is 0. The molecule has 0 saturated carbocycles. The van der Waals surface area contributed by atoms with Crippen LogP contribution in [0.15, 0.2) is 0 Å². The van der Waals surface area contributed by atoms with Gasteiger partial charge < -0.3 is 0 Å². The van der Waals surface area contributed by atoms with E-state index in [4.69, 9.17) is 0 Å². The van der Waals surface area contributed by atoms with Crippen molar-refractivity contribution in [2.75, 3.05) is 12.3 Å². The van der Waals surface area contributed by atoms with Crippen LogP contribution >= 0.6 is 11.8 Å². The molecule has 20 heavy (non-hydrogen) atoms. The van der Waals surface area contributed by atoms with Crippen molar-refractivity contribution in [2.45, 2.75) is 59.6 Å². The number of imide groups is 1. The summed E-state index contributed by atoms with van der Waals surface area (Å²) in [7, 11) is 0. The lowest BCUT2D eigenvalue weighted by atomic mass is 9.86. The second-order valence-electron chi connectivity index (χ2n) is 7.50. The number of likely N-dealkylation sites (tertiary alicyclic amines) is 1. The van der Waals surface area contributed by atoms with Gasteiger partial charge in [-0.1, -0.05) is 41.5 Å². The summed E-state index contributed by atoms with van der Waals surface area (Å²) in [6.45, 7) is 13.6. The van der Waals surface area contributed by atoms with Gasteiger partial charge in [-0.3, -0.25) is 14.5 Å². The third kappa shape index (κ3) is 5.12. The number of carbonyl (C=O) groups is 2. The van der Waals surface area contributed by atoms with Crippen LogP contribution in [-0.4, -0.2) is 34.3 Å². The molecule has 0 radical (unpaired) electrons. The first kappa shape index (κ1) is 17.5. The van der Waals surface area contributed by atoms with E-state index in [0.717, 1.165) is 12.2 Å². The van der Waals surface area contributed by atoms with Gasteiger partial charge in [0.25, 0.3) is 0 Å². The number of rotatable bonds is 7. The lowest BCUT2D eigenvalue weighted by Gasteiger charge is -2.27. The van der Waals surface area contributed by atoms with Gasteiger partial charge in [0.1, 0.15) is 0 Å². The van der Waals surface area contributed by atoms with Crippen LogP contribution in [0.3, 0.4) is 0 Å². The lowest BCUT2D eigenvalue weighted by molar-refractivity contribution is -0.138. The van der Waals surface area contributed by atoms with Crippen LogP contribution in [0.4, 0.5) is 0 Å². The molecule has 0 aromatic rings. The first-order valence-electron chi connectivity index (χ1n) is 7.58. The molecule has 2 amide bonds. The first-order chi connectivity index (χ1) is 9.12. The second kappa shape index (κ2) is 6.97. The molecular weight excluding hydrogens is 270 g/mol. The van der Waals surface area contributed by atoms with Crippen LogP contribution < -0.4 is 0 Å². The van der Waals surface area contributed by atoms with Crippen molar-refractivity contribution in [2.24, 2.45) is 17.3 Å². The predicted octanol–water partition coefficient (Wildman–Crippen LogP) is 3.58. The molecule has 4 heteroatoms. The van der Waals surface area contributed by atoms with Gasteiger partial charge in [0.05, 0.1) is 5.25 Å². The van der Waals surface area contributed by atoms with E-state index in [2.05, 4.69) is 27.7 Å². The highest BCUT2D eigenvalue weighted by Crippen LogP contribution is 2.34. The fraction of sp³-hybridized carbons (Fsp3) is 0.875. The minimum atomic E-state index is -0.160. The zero-order valence-corrected chi connectivity index (χ0v) is 14.5. The van der Waals surface area contributed by atoms with Crippen LogP contribution in [0.2, 0.25) is 0 Å². The average Bonchev–Trinajstić information content (AvgIpc) is 2.52. The highest BCUT2D eigenvalue weighted by Gasteiger charge is 2.39. The van der Waals surface area contributed by atoms with Crippen LogP contribution in [0.25, 0.3) is 0 Å². The maximum Gasteiger partial charge on any atom is 0.242 e. The summed E-state index contributed by atoms with van der Waals surface area (Å²) < 4.78 is 0. The van der Waals surface area contributed by atoms with E-state index in [9.17, 15) is 9.59 Å². The molecule has 1 saturated heterocycles. The average molecular weight is 299 g/mol. The molecule has 116 valence electrons. The Hall–Kier alpha value is -0.510. The van der Waals surface area contributed by atoms with E-state index in [-0.39, 0.29) is 22.5 Å². The highest BCUT2D eigenvalue weighted by atomic mass is 32.2. The zero-order chi connectivity index (χ0) is 15.5. The zero-order valence-electron chi connectivity index (χ0n) is 13.7. The Morgan fingerprint density at radius 2 is 1.80 bits per heavy atom. The molecule has 0 aromatic carbocycles. The number of hydrogen-bond donors (Lipinski definition) is 0. The Kier molecular flexibility index (Phi) is 6.11. The molecule has 0 bridgehead atoms. The Morgan fingerprint density at radius 1 is 1.20 bits per heavy atom. The first-order valence-corrected chi connectivity index (χ1v) is 8.63. The van der Waals surface area contributed by atoms with Crippen LogP contribution in [0.5, 0.6) is 0 Å². The van der Waals surface area contributed by atoms with Crippen molar-refractivity contribution >= 4 is 23.6 Å². The van der Waals surface area contributed by atoms with Gasteiger partial charge in [0.2, 0.25) is 11.8 Å². The number of carbonyl (C=O) groups excluding carboxylic acids is 2. The summed E-state index contributed by atoms with van der Waals surface area (Å²) in [5, 5.41) is -0.160. The minimum absolute atomic E-state index is 0.00265. The molecule has 1 aliphatic heterocycles. The Morgan fingerprint density at radius 3 is 2.30 bits per heavy atom. The molecule has 1 rings (SSSR count). The van der Waals surface area contributed by atoms with Gasteiger partial charge in [-0.15, -0.1) is 11.8 Å². The molecule has 0 aromatic heterocycles. The van der Waals surface area contributed by atoms with Gasteiger partial charge in [0.15, 0.2) is 0 Å². The van der Waals surface area contributed by atoms with Gasteiger partial charge in [-0.05, 0) is 29.4 Å². The van der Waals surface area contributed by atoms with Crippen molar-refractivity contribution in [1.29, 1.82) is 0 Å². The van der Waals surface area contributed by atoms with E-state index >= 15 is 0 Å². The molecule has 1 atom stereocenters. The maximum atomic E-state index is 12.3. The summed E-state index contributed by atoms with van der Waals surface area (Å²) >= 11 is 1.66. The number of hydrogen-bond acceptors (Lipinski definition) is 3. The summed E-state index contributed by atoms with van der Waals surface area (Å²) in [5.41, 5.74) is 0.216. The smallest absolute Gasteiger partial charge is 0.242 e. The van der Waals surface area contributed by atoms with Gasteiger partial charge in [-0.2, -0.15) is 0 Å². The normalized spacial score (nSPS) is 20.6. The van der Waals surface area contributed by atoms with Crippen LogP contribution in [0, 0.1) is 17.3 Å². The largest absolute Gasteiger partial charge is 0.281 e. The topological polar surface area (TPSA) is 37.4 Å². The van der Waals surface area contributed by atoms with E-state index in [1.54, 1.807) is 11.8 Å². The molecule has 3 nitrogen and oxygen atoms in total. The number of nitrogens with zero attached hydrogens (tertiary/aromatic N) is 1.